The van der Waals surface area contributed by atoms with Crippen LogP contribution >= 0.6 is 0 Å². The molecule has 4 nitrogen and oxygen atoms in total. The second kappa shape index (κ2) is 5.87. The van der Waals surface area contributed by atoms with Gasteiger partial charge in [-0.05, 0) is 32.0 Å². The Morgan fingerprint density at radius 1 is 1.44 bits per heavy atom. The zero-order chi connectivity index (χ0) is 13.0. The topological polar surface area (TPSA) is 34.8 Å². The molecule has 0 aliphatic heterocycles. The Hall–Kier alpha value is -1.55. The van der Waals surface area contributed by atoms with Crippen molar-refractivity contribution in [3.63, 3.8) is 0 Å². The molecule has 2 aromatic heterocycles. The molecular weight excluding hydrogens is 224 g/mol. The minimum atomic E-state index is 0.383. The number of imidazole rings is 1. The van der Waals surface area contributed by atoms with Crippen molar-refractivity contribution in [2.45, 2.75) is 32.9 Å². The van der Waals surface area contributed by atoms with Crippen LogP contribution in [0.15, 0.2) is 30.9 Å². The predicted molar refractivity (Wildman–Crippen MR) is 73.5 cm³/mol. The maximum Gasteiger partial charge on any atom is 0.0946 e. The van der Waals surface area contributed by atoms with Crippen LogP contribution in [0.25, 0.3) is 0 Å². The van der Waals surface area contributed by atoms with Gasteiger partial charge in [0.15, 0.2) is 0 Å². The molecule has 0 radical (unpaired) electrons. The van der Waals surface area contributed by atoms with Crippen LogP contribution in [0.2, 0.25) is 0 Å². The highest BCUT2D eigenvalue weighted by molar-refractivity contribution is 5.14. The van der Waals surface area contributed by atoms with E-state index >= 15 is 0 Å². The van der Waals surface area contributed by atoms with E-state index in [4.69, 9.17) is 0 Å². The zero-order valence-corrected chi connectivity index (χ0v) is 11.4. The molecule has 2 aromatic rings. The van der Waals surface area contributed by atoms with Crippen molar-refractivity contribution in [1.29, 1.82) is 0 Å². The van der Waals surface area contributed by atoms with Crippen molar-refractivity contribution in [3.8, 4) is 0 Å². The first-order chi connectivity index (χ1) is 8.72. The van der Waals surface area contributed by atoms with E-state index in [1.54, 1.807) is 0 Å². The molecule has 2 rings (SSSR count). The van der Waals surface area contributed by atoms with Gasteiger partial charge in [0, 0.05) is 31.2 Å². The minimum absolute atomic E-state index is 0.383. The predicted octanol–water partition coefficient (Wildman–Crippen LogP) is 2.33. The summed E-state index contributed by atoms with van der Waals surface area (Å²) in [5.74, 6) is 0. The van der Waals surface area contributed by atoms with Gasteiger partial charge in [0.05, 0.1) is 18.6 Å². The largest absolute Gasteiger partial charge is 0.344 e. The maximum absolute atomic E-state index is 4.16. The van der Waals surface area contributed by atoms with E-state index in [0.717, 1.165) is 19.5 Å². The average molecular weight is 246 g/mol. The molecule has 0 aliphatic carbocycles. The van der Waals surface area contributed by atoms with Gasteiger partial charge >= 0.3 is 0 Å². The highest BCUT2D eigenvalue weighted by atomic mass is 15.1. The fraction of sp³-hybridized carbons (Fsp3) is 0.500. The standard InChI is InChI=1S/C14H22N4/c1-4-7-16-12(2)14-6-5-8-18(14)10-13-9-15-11-17(13)3/h5-6,8-9,11-12,16H,4,7,10H2,1-3H3. The molecule has 98 valence electrons. The summed E-state index contributed by atoms with van der Waals surface area (Å²) >= 11 is 0. The molecule has 0 spiro atoms. The highest BCUT2D eigenvalue weighted by Crippen LogP contribution is 2.15. The number of rotatable bonds is 6. The minimum Gasteiger partial charge on any atom is -0.344 e. The number of nitrogens with zero attached hydrogens (tertiary/aromatic N) is 3. The number of aryl methyl sites for hydroxylation is 1. The molecular formula is C14H22N4. The first-order valence-electron chi connectivity index (χ1n) is 6.56. The van der Waals surface area contributed by atoms with Crippen LogP contribution in [-0.2, 0) is 13.6 Å². The third-order valence-corrected chi connectivity index (χ3v) is 3.26. The highest BCUT2D eigenvalue weighted by Gasteiger charge is 2.10. The lowest BCUT2D eigenvalue weighted by molar-refractivity contribution is 0.531. The number of hydrogen-bond acceptors (Lipinski definition) is 2. The van der Waals surface area contributed by atoms with E-state index in [2.05, 4.69) is 51.6 Å². The third kappa shape index (κ3) is 2.82. The molecule has 0 aromatic carbocycles. The van der Waals surface area contributed by atoms with E-state index in [1.165, 1.54) is 11.4 Å². The summed E-state index contributed by atoms with van der Waals surface area (Å²) < 4.78 is 4.35. The molecule has 1 N–H and O–H groups in total. The fourth-order valence-corrected chi connectivity index (χ4v) is 2.14. The smallest absolute Gasteiger partial charge is 0.0946 e. The SMILES string of the molecule is CCCNC(C)c1cccn1Cc1cncn1C. The number of hydrogen-bond donors (Lipinski definition) is 1. The Bertz CT molecular complexity index is 483. The molecule has 0 fully saturated rings. The van der Waals surface area contributed by atoms with Crippen LogP contribution in [-0.4, -0.2) is 20.7 Å². The van der Waals surface area contributed by atoms with Gasteiger partial charge < -0.3 is 14.5 Å². The van der Waals surface area contributed by atoms with Crippen molar-refractivity contribution in [2.24, 2.45) is 7.05 Å². The summed E-state index contributed by atoms with van der Waals surface area (Å²) in [6, 6.07) is 4.67. The van der Waals surface area contributed by atoms with Crippen molar-refractivity contribution < 1.29 is 0 Å². The first kappa shape index (κ1) is 12.9. The summed E-state index contributed by atoms with van der Waals surface area (Å²) in [7, 11) is 2.03. The van der Waals surface area contributed by atoms with Crippen LogP contribution < -0.4 is 5.32 Å². The van der Waals surface area contributed by atoms with E-state index < -0.39 is 0 Å². The Kier molecular flexibility index (Phi) is 4.20. The van der Waals surface area contributed by atoms with Gasteiger partial charge in [0.25, 0.3) is 0 Å². The van der Waals surface area contributed by atoms with E-state index in [9.17, 15) is 0 Å². The normalized spacial score (nSPS) is 12.8. The summed E-state index contributed by atoms with van der Waals surface area (Å²) in [5, 5.41) is 3.53. The van der Waals surface area contributed by atoms with Gasteiger partial charge in [0.2, 0.25) is 0 Å². The van der Waals surface area contributed by atoms with Gasteiger partial charge in [-0.2, -0.15) is 0 Å². The Morgan fingerprint density at radius 2 is 2.28 bits per heavy atom. The molecule has 1 unspecified atom stereocenters. The molecule has 0 amide bonds. The molecule has 1 atom stereocenters. The summed E-state index contributed by atoms with van der Waals surface area (Å²) in [6.07, 6.45) is 7.06. The van der Waals surface area contributed by atoms with Crippen molar-refractivity contribution in [2.75, 3.05) is 6.54 Å². The van der Waals surface area contributed by atoms with Crippen LogP contribution in [0.3, 0.4) is 0 Å². The Balaban J connectivity index is 2.10. The molecule has 0 saturated heterocycles. The number of aromatic nitrogens is 3. The maximum atomic E-state index is 4.16. The molecule has 0 bridgehead atoms. The summed E-state index contributed by atoms with van der Waals surface area (Å²) in [6.45, 7) is 6.33. The van der Waals surface area contributed by atoms with E-state index in [-0.39, 0.29) is 0 Å². The van der Waals surface area contributed by atoms with Gasteiger partial charge in [-0.3, -0.25) is 0 Å². The lowest BCUT2D eigenvalue weighted by Gasteiger charge is -2.17. The van der Waals surface area contributed by atoms with E-state index in [1.807, 2.05) is 19.6 Å². The lowest BCUT2D eigenvalue weighted by Crippen LogP contribution is -2.22. The number of nitrogens with one attached hydrogen (secondary N) is 1. The quantitative estimate of drug-likeness (QED) is 0.849. The van der Waals surface area contributed by atoms with Gasteiger partial charge in [-0.25, -0.2) is 4.98 Å². The van der Waals surface area contributed by atoms with Crippen molar-refractivity contribution in [1.82, 2.24) is 19.4 Å². The summed E-state index contributed by atoms with van der Waals surface area (Å²) in [5.41, 5.74) is 2.54. The molecule has 18 heavy (non-hydrogen) atoms. The lowest BCUT2D eigenvalue weighted by atomic mass is 10.2. The molecule has 4 heteroatoms. The Morgan fingerprint density at radius 3 is 2.94 bits per heavy atom. The van der Waals surface area contributed by atoms with Crippen LogP contribution in [0.1, 0.15) is 37.7 Å². The van der Waals surface area contributed by atoms with Crippen LogP contribution in [0, 0.1) is 0 Å². The average Bonchev–Trinajstić information content (AvgIpc) is 2.97. The van der Waals surface area contributed by atoms with Crippen LogP contribution in [0.5, 0.6) is 0 Å². The monoisotopic (exact) mass is 246 g/mol. The fourth-order valence-electron chi connectivity index (χ4n) is 2.14. The van der Waals surface area contributed by atoms with Crippen molar-refractivity contribution in [3.05, 3.63) is 42.2 Å². The second-order valence-electron chi connectivity index (χ2n) is 4.73. The third-order valence-electron chi connectivity index (χ3n) is 3.26. The second-order valence-corrected chi connectivity index (χ2v) is 4.73. The zero-order valence-electron chi connectivity index (χ0n) is 11.4. The van der Waals surface area contributed by atoms with Gasteiger partial charge in [-0.1, -0.05) is 6.92 Å². The van der Waals surface area contributed by atoms with Gasteiger partial charge in [0.1, 0.15) is 0 Å². The Labute approximate surface area is 109 Å². The molecule has 2 heterocycles. The summed E-state index contributed by atoms with van der Waals surface area (Å²) in [4.78, 5) is 4.16. The first-order valence-corrected chi connectivity index (χ1v) is 6.56. The van der Waals surface area contributed by atoms with Gasteiger partial charge in [-0.15, -0.1) is 0 Å². The molecule has 0 aliphatic rings. The van der Waals surface area contributed by atoms with Crippen LogP contribution in [0.4, 0.5) is 0 Å². The molecule has 0 saturated carbocycles. The van der Waals surface area contributed by atoms with E-state index in [0.29, 0.717) is 6.04 Å². The van der Waals surface area contributed by atoms with Crippen molar-refractivity contribution >= 4 is 0 Å².